The summed E-state index contributed by atoms with van der Waals surface area (Å²) in [4.78, 5) is 18.3. The zero-order chi connectivity index (χ0) is 17.6. The number of nitrogens with one attached hydrogen (secondary N) is 1. The molecule has 2 aromatic rings. The molecular formula is C20H25N3O2. The van der Waals surface area contributed by atoms with Gasteiger partial charge >= 0.3 is 5.97 Å². The fraction of sp³-hybridized carbons (Fsp3) is 0.400. The Kier molecular flexibility index (Phi) is 5.79. The van der Waals surface area contributed by atoms with Crippen molar-refractivity contribution in [1.82, 2.24) is 15.2 Å². The minimum absolute atomic E-state index is 0.326. The van der Waals surface area contributed by atoms with Crippen LogP contribution in [-0.2, 0) is 4.74 Å². The van der Waals surface area contributed by atoms with Gasteiger partial charge in [-0.25, -0.2) is 4.79 Å². The summed E-state index contributed by atoms with van der Waals surface area (Å²) in [6.45, 7) is 3.43. The number of carbonyl (C=O) groups is 1. The molecule has 1 aliphatic rings. The summed E-state index contributed by atoms with van der Waals surface area (Å²) in [6.07, 6.45) is 5.90. The van der Waals surface area contributed by atoms with E-state index in [2.05, 4.69) is 39.5 Å². The highest BCUT2D eigenvalue weighted by atomic mass is 16.5. The van der Waals surface area contributed by atoms with E-state index in [-0.39, 0.29) is 5.97 Å². The summed E-state index contributed by atoms with van der Waals surface area (Å²) in [5.41, 5.74) is 3.69. The maximum Gasteiger partial charge on any atom is 0.339 e. The Balaban J connectivity index is 1.76. The lowest BCUT2D eigenvalue weighted by molar-refractivity contribution is 0.0600. The summed E-state index contributed by atoms with van der Waals surface area (Å²) in [5.74, 6) is -0.369. The summed E-state index contributed by atoms with van der Waals surface area (Å²) < 4.78 is 4.76. The van der Waals surface area contributed by atoms with Gasteiger partial charge in [-0.2, -0.15) is 0 Å². The van der Waals surface area contributed by atoms with Gasteiger partial charge in [0.1, 0.15) is 0 Å². The molecule has 0 amide bonds. The van der Waals surface area contributed by atoms with Gasteiger partial charge in [-0.15, -0.1) is 0 Å². The van der Waals surface area contributed by atoms with E-state index in [1.54, 1.807) is 6.20 Å². The lowest BCUT2D eigenvalue weighted by Gasteiger charge is -2.23. The molecule has 25 heavy (non-hydrogen) atoms. The van der Waals surface area contributed by atoms with Crippen molar-refractivity contribution in [3.05, 3.63) is 53.9 Å². The van der Waals surface area contributed by atoms with Crippen LogP contribution in [0.2, 0.25) is 0 Å². The Morgan fingerprint density at radius 1 is 1.20 bits per heavy atom. The number of likely N-dealkylation sites (N-methyl/N-ethyl adjacent to an activating group) is 1. The van der Waals surface area contributed by atoms with Crippen LogP contribution in [-0.4, -0.2) is 49.6 Å². The highest BCUT2D eigenvalue weighted by Gasteiger charge is 2.17. The number of ether oxygens (including phenoxy) is 1. The molecule has 0 radical (unpaired) electrons. The van der Waals surface area contributed by atoms with E-state index in [1.165, 1.54) is 44.8 Å². The van der Waals surface area contributed by atoms with E-state index in [4.69, 9.17) is 4.74 Å². The van der Waals surface area contributed by atoms with Gasteiger partial charge in [-0.05, 0) is 50.2 Å². The third-order valence-electron chi connectivity index (χ3n) is 4.79. The van der Waals surface area contributed by atoms with Crippen molar-refractivity contribution in [2.24, 2.45) is 0 Å². The number of likely N-dealkylation sites (tertiary alicyclic amines) is 1. The van der Waals surface area contributed by atoms with Gasteiger partial charge in [-0.3, -0.25) is 4.98 Å². The zero-order valence-corrected chi connectivity index (χ0v) is 14.9. The van der Waals surface area contributed by atoms with E-state index < -0.39 is 0 Å². The molecule has 0 aliphatic carbocycles. The topological polar surface area (TPSA) is 54.5 Å². The number of hydrogen-bond acceptors (Lipinski definition) is 5. The number of benzene rings is 1. The third kappa shape index (κ3) is 4.24. The van der Waals surface area contributed by atoms with E-state index in [9.17, 15) is 4.79 Å². The standard InChI is InChI=1S/C20H25N3O2/c1-21-19(14-23-9-3-4-10-23)16-7-5-15(6-8-16)17-11-18(13-22-12-17)20(24)25-2/h5-8,11-13,19,21H,3-4,9-10,14H2,1-2H3. The van der Waals surface area contributed by atoms with Crippen LogP contribution in [0.15, 0.2) is 42.7 Å². The van der Waals surface area contributed by atoms with E-state index in [0.717, 1.165) is 17.7 Å². The SMILES string of the molecule is CNC(CN1CCCC1)c1ccc(-c2cncc(C(=O)OC)c2)cc1. The molecule has 132 valence electrons. The van der Waals surface area contributed by atoms with Crippen molar-refractivity contribution in [2.45, 2.75) is 18.9 Å². The van der Waals surface area contributed by atoms with Crippen molar-refractivity contribution in [3.8, 4) is 11.1 Å². The number of pyridine rings is 1. The Labute approximate surface area is 149 Å². The molecule has 2 heterocycles. The van der Waals surface area contributed by atoms with Crippen LogP contribution in [0.5, 0.6) is 0 Å². The van der Waals surface area contributed by atoms with Crippen molar-refractivity contribution in [3.63, 3.8) is 0 Å². The number of carbonyl (C=O) groups excluding carboxylic acids is 1. The fourth-order valence-corrected chi connectivity index (χ4v) is 3.32. The Bertz CT molecular complexity index is 709. The smallest absolute Gasteiger partial charge is 0.339 e. The van der Waals surface area contributed by atoms with Crippen LogP contribution in [0.25, 0.3) is 11.1 Å². The first kappa shape index (κ1) is 17.6. The van der Waals surface area contributed by atoms with Crippen molar-refractivity contribution in [1.29, 1.82) is 0 Å². The molecular weight excluding hydrogens is 314 g/mol. The summed E-state index contributed by atoms with van der Waals surface area (Å²) in [5, 5.41) is 3.42. The molecule has 3 rings (SSSR count). The minimum atomic E-state index is -0.369. The highest BCUT2D eigenvalue weighted by molar-refractivity contribution is 5.90. The zero-order valence-electron chi connectivity index (χ0n) is 14.9. The summed E-state index contributed by atoms with van der Waals surface area (Å²) in [7, 11) is 3.39. The van der Waals surface area contributed by atoms with Gasteiger partial charge in [0.15, 0.2) is 0 Å². The average molecular weight is 339 g/mol. The van der Waals surface area contributed by atoms with Crippen molar-refractivity contribution in [2.75, 3.05) is 33.8 Å². The number of esters is 1. The van der Waals surface area contributed by atoms with Gasteiger partial charge in [-0.1, -0.05) is 24.3 Å². The predicted octanol–water partition coefficient (Wildman–Crippen LogP) is 2.89. The van der Waals surface area contributed by atoms with E-state index >= 15 is 0 Å². The second kappa shape index (κ2) is 8.23. The largest absolute Gasteiger partial charge is 0.465 e. The molecule has 1 aromatic heterocycles. The first-order valence-corrected chi connectivity index (χ1v) is 8.74. The van der Waals surface area contributed by atoms with Gasteiger partial charge in [0.05, 0.1) is 12.7 Å². The normalized spacial score (nSPS) is 15.9. The molecule has 5 nitrogen and oxygen atoms in total. The van der Waals surface area contributed by atoms with Crippen LogP contribution in [0, 0.1) is 0 Å². The molecule has 1 unspecified atom stereocenters. The average Bonchev–Trinajstić information content (AvgIpc) is 3.19. The van der Waals surface area contributed by atoms with Crippen LogP contribution < -0.4 is 5.32 Å². The maximum atomic E-state index is 11.7. The first-order valence-electron chi connectivity index (χ1n) is 8.74. The quantitative estimate of drug-likeness (QED) is 0.820. The molecule has 1 saturated heterocycles. The maximum absolute atomic E-state index is 11.7. The number of methoxy groups -OCH3 is 1. The summed E-state index contributed by atoms with van der Waals surface area (Å²) >= 11 is 0. The lowest BCUT2D eigenvalue weighted by Crippen LogP contribution is -2.31. The van der Waals surface area contributed by atoms with Gasteiger partial charge < -0.3 is 15.0 Å². The Morgan fingerprint density at radius 3 is 2.56 bits per heavy atom. The van der Waals surface area contributed by atoms with Crippen molar-refractivity contribution >= 4 is 5.97 Å². The molecule has 1 atom stereocenters. The van der Waals surface area contributed by atoms with Crippen molar-refractivity contribution < 1.29 is 9.53 Å². The molecule has 1 aromatic carbocycles. The molecule has 1 N–H and O–H groups in total. The number of rotatable bonds is 6. The monoisotopic (exact) mass is 339 g/mol. The van der Waals surface area contributed by atoms with Crippen LogP contribution >= 0.6 is 0 Å². The van der Waals surface area contributed by atoms with E-state index in [1.807, 2.05) is 13.1 Å². The second-order valence-corrected chi connectivity index (χ2v) is 6.42. The molecule has 0 spiro atoms. The summed E-state index contributed by atoms with van der Waals surface area (Å²) in [6, 6.07) is 10.6. The van der Waals surface area contributed by atoms with Gasteiger partial charge in [0.2, 0.25) is 0 Å². The Hall–Kier alpha value is -2.24. The number of aromatic nitrogens is 1. The van der Waals surface area contributed by atoms with Crippen LogP contribution in [0.1, 0.15) is 34.8 Å². The second-order valence-electron chi connectivity index (χ2n) is 6.42. The predicted molar refractivity (Wildman–Crippen MR) is 98.5 cm³/mol. The highest BCUT2D eigenvalue weighted by Crippen LogP contribution is 2.23. The third-order valence-corrected chi connectivity index (χ3v) is 4.79. The Morgan fingerprint density at radius 2 is 1.92 bits per heavy atom. The molecule has 1 aliphatic heterocycles. The number of hydrogen-bond donors (Lipinski definition) is 1. The molecule has 5 heteroatoms. The molecule has 0 saturated carbocycles. The number of nitrogens with zero attached hydrogens (tertiary/aromatic N) is 2. The fourth-order valence-electron chi connectivity index (χ4n) is 3.32. The lowest BCUT2D eigenvalue weighted by atomic mass is 10.0. The minimum Gasteiger partial charge on any atom is -0.465 e. The molecule has 1 fully saturated rings. The van der Waals surface area contributed by atoms with Crippen LogP contribution in [0.3, 0.4) is 0 Å². The molecule has 0 bridgehead atoms. The first-order chi connectivity index (χ1) is 12.2. The van der Waals surface area contributed by atoms with Gasteiger partial charge in [0, 0.05) is 30.5 Å². The van der Waals surface area contributed by atoms with E-state index in [0.29, 0.717) is 11.6 Å². The van der Waals surface area contributed by atoms with Gasteiger partial charge in [0.25, 0.3) is 0 Å². The van der Waals surface area contributed by atoms with Crippen LogP contribution in [0.4, 0.5) is 0 Å².